The number of likely N-dealkylation sites (N-methyl/N-ethyl adjacent to an activating group) is 1. The second kappa shape index (κ2) is 7.97. The van der Waals surface area contributed by atoms with E-state index in [0.717, 1.165) is 27.7 Å². The lowest BCUT2D eigenvalue weighted by molar-refractivity contribution is -0.122. The van der Waals surface area contributed by atoms with Gasteiger partial charge >= 0.3 is 0 Å². The Hall–Kier alpha value is -2.09. The topological polar surface area (TPSA) is 56.1 Å². The van der Waals surface area contributed by atoms with E-state index >= 15 is 0 Å². The third-order valence-electron chi connectivity index (χ3n) is 4.70. The highest BCUT2D eigenvalue weighted by Gasteiger charge is 2.39. The first-order chi connectivity index (χ1) is 13.9. The summed E-state index contributed by atoms with van der Waals surface area (Å²) in [5, 5.41) is 12.4. The quantitative estimate of drug-likeness (QED) is 0.610. The van der Waals surface area contributed by atoms with Gasteiger partial charge in [-0.1, -0.05) is 29.4 Å². The minimum atomic E-state index is -0.0669. The molecular weight excluding hydrogens is 426 g/mol. The Bertz CT molecular complexity index is 1070. The molecule has 0 radical (unpaired) electrons. The van der Waals surface area contributed by atoms with E-state index in [-0.39, 0.29) is 11.7 Å². The molecule has 0 saturated carbocycles. The summed E-state index contributed by atoms with van der Waals surface area (Å²) < 4.78 is 0. The van der Waals surface area contributed by atoms with Crippen LogP contribution in [0.25, 0.3) is 0 Å². The number of aliphatic imine (C=N–C) groups is 1. The highest BCUT2D eigenvalue weighted by Crippen LogP contribution is 2.51. The zero-order valence-electron chi connectivity index (χ0n) is 16.3. The molecule has 1 fully saturated rings. The van der Waals surface area contributed by atoms with Gasteiger partial charge < -0.3 is 10.0 Å². The van der Waals surface area contributed by atoms with Crippen molar-refractivity contribution in [3.8, 4) is 5.75 Å². The lowest BCUT2D eigenvalue weighted by Crippen LogP contribution is -2.29. The maximum absolute atomic E-state index is 13.2. The Morgan fingerprint density at radius 2 is 1.83 bits per heavy atom. The van der Waals surface area contributed by atoms with Crippen molar-refractivity contribution < 1.29 is 9.90 Å². The summed E-state index contributed by atoms with van der Waals surface area (Å²) in [6, 6.07) is 11.1. The van der Waals surface area contributed by atoms with Gasteiger partial charge in [-0.2, -0.15) is 0 Å². The van der Waals surface area contributed by atoms with Crippen LogP contribution in [0.5, 0.6) is 5.75 Å². The average Bonchev–Trinajstić information content (AvgIpc) is 3.20. The van der Waals surface area contributed by atoms with Crippen molar-refractivity contribution in [3.05, 3.63) is 56.9 Å². The zero-order valence-corrected chi connectivity index (χ0v) is 18.7. The number of rotatable bonds is 3. The van der Waals surface area contributed by atoms with Crippen molar-refractivity contribution in [2.75, 3.05) is 18.0 Å². The summed E-state index contributed by atoms with van der Waals surface area (Å²) in [4.78, 5) is 23.3. The number of phenolic OH excluding ortho intramolecular Hbond substituents is 1. The Balaban J connectivity index is 1.76. The van der Waals surface area contributed by atoms with E-state index in [9.17, 15) is 9.90 Å². The maximum Gasteiger partial charge on any atom is 0.269 e. The van der Waals surface area contributed by atoms with E-state index in [1.54, 1.807) is 28.8 Å². The van der Waals surface area contributed by atoms with Gasteiger partial charge in [0.25, 0.3) is 5.91 Å². The first kappa shape index (κ1) is 20.2. The average molecular weight is 446 g/mol. The molecule has 1 amide bonds. The maximum atomic E-state index is 13.2. The molecule has 2 aliphatic heterocycles. The number of carbonyl (C=O) groups excluding carboxylic acids is 1. The molecule has 150 valence electrons. The fraction of sp³-hybridized carbons (Fsp3) is 0.238. The molecule has 1 saturated heterocycles. The molecule has 29 heavy (non-hydrogen) atoms. The van der Waals surface area contributed by atoms with Gasteiger partial charge in [-0.3, -0.25) is 9.69 Å². The van der Waals surface area contributed by atoms with Gasteiger partial charge in [0.05, 0.1) is 5.69 Å². The molecule has 0 spiro atoms. The highest BCUT2D eigenvalue weighted by molar-refractivity contribution is 8.19. The van der Waals surface area contributed by atoms with Crippen LogP contribution >= 0.6 is 35.1 Å². The predicted molar refractivity (Wildman–Crippen MR) is 122 cm³/mol. The van der Waals surface area contributed by atoms with Crippen molar-refractivity contribution in [2.24, 2.45) is 4.99 Å². The number of fused-ring (bicyclic) bond motifs is 1. The van der Waals surface area contributed by atoms with Gasteiger partial charge in [0.1, 0.15) is 21.4 Å². The summed E-state index contributed by atoms with van der Waals surface area (Å²) in [5.41, 5.74) is 2.43. The Kier molecular flexibility index (Phi) is 5.55. The Labute approximate surface area is 183 Å². The number of benzene rings is 2. The molecule has 0 unspecified atom stereocenters. The van der Waals surface area contributed by atoms with Gasteiger partial charge in [0.15, 0.2) is 5.17 Å². The minimum absolute atomic E-state index is 0.0669. The molecule has 8 heteroatoms. The summed E-state index contributed by atoms with van der Waals surface area (Å²) in [5.74, 6) is 0.0397. The number of phenols is 1. The molecule has 5 nitrogen and oxygen atoms in total. The van der Waals surface area contributed by atoms with Crippen LogP contribution in [0.3, 0.4) is 0 Å². The van der Waals surface area contributed by atoms with Crippen LogP contribution in [0, 0.1) is 6.92 Å². The number of halogens is 1. The number of aryl methyl sites for hydroxylation is 1. The third-order valence-corrected chi connectivity index (χ3v) is 7.31. The Morgan fingerprint density at radius 3 is 2.52 bits per heavy atom. The van der Waals surface area contributed by atoms with Gasteiger partial charge in [-0.05, 0) is 68.4 Å². The number of hydrogen-bond donors (Lipinski definition) is 1. The molecule has 2 heterocycles. The molecule has 2 aromatic carbocycles. The van der Waals surface area contributed by atoms with Crippen LogP contribution in [-0.2, 0) is 4.79 Å². The van der Waals surface area contributed by atoms with Crippen LogP contribution in [0.1, 0.15) is 19.4 Å². The minimum Gasteiger partial charge on any atom is -0.506 e. The van der Waals surface area contributed by atoms with Crippen molar-refractivity contribution in [3.63, 3.8) is 0 Å². The SMILES string of the molecule is CCN1C(=O)C(=C2Sc3ccc(Cl)cc3N2CC)SC1=Nc1ccc(C)cc1O. The van der Waals surface area contributed by atoms with Crippen LogP contribution in [0.2, 0.25) is 5.02 Å². The molecule has 2 aromatic rings. The standard InChI is InChI=1S/C21H20ClN3O2S2/c1-4-24-15-11-13(22)7-9-17(15)28-20(24)18-19(27)25(5-2)21(29-18)23-14-8-6-12(3)10-16(14)26/h6-11,26H,4-5H2,1-3H3. The van der Waals surface area contributed by atoms with Crippen LogP contribution in [0.15, 0.2) is 56.2 Å². The number of thioether (sulfide) groups is 2. The van der Waals surface area contributed by atoms with Gasteiger partial charge in [0.2, 0.25) is 0 Å². The summed E-state index contributed by atoms with van der Waals surface area (Å²) in [6.07, 6.45) is 0. The molecular formula is C21H20ClN3O2S2. The number of carbonyl (C=O) groups is 1. The molecule has 0 aliphatic carbocycles. The first-order valence-electron chi connectivity index (χ1n) is 9.30. The van der Waals surface area contributed by atoms with Crippen molar-refractivity contribution in [1.29, 1.82) is 0 Å². The summed E-state index contributed by atoms with van der Waals surface area (Å²) in [7, 11) is 0. The van der Waals surface area contributed by atoms with Crippen LogP contribution in [0.4, 0.5) is 11.4 Å². The first-order valence-corrected chi connectivity index (χ1v) is 11.3. The van der Waals surface area contributed by atoms with E-state index in [2.05, 4.69) is 16.8 Å². The molecule has 0 atom stereocenters. The third kappa shape index (κ3) is 3.63. The fourth-order valence-corrected chi connectivity index (χ4v) is 5.86. The van der Waals surface area contributed by atoms with Crippen molar-refractivity contribution in [2.45, 2.75) is 25.7 Å². The van der Waals surface area contributed by atoms with Gasteiger partial charge in [-0.15, -0.1) is 0 Å². The predicted octanol–water partition coefficient (Wildman–Crippen LogP) is 5.74. The van der Waals surface area contributed by atoms with Gasteiger partial charge in [0, 0.05) is 23.0 Å². The number of hydrogen-bond acceptors (Lipinski definition) is 6. The Morgan fingerprint density at radius 1 is 1.07 bits per heavy atom. The van der Waals surface area contributed by atoms with Crippen molar-refractivity contribution >= 4 is 57.6 Å². The zero-order chi connectivity index (χ0) is 20.7. The monoisotopic (exact) mass is 445 g/mol. The highest BCUT2D eigenvalue weighted by atomic mass is 35.5. The largest absolute Gasteiger partial charge is 0.506 e. The second-order valence-corrected chi connectivity index (χ2v) is 9.08. The van der Waals surface area contributed by atoms with Crippen LogP contribution in [-0.4, -0.2) is 34.2 Å². The molecule has 2 aliphatic rings. The van der Waals surface area contributed by atoms with E-state index in [0.29, 0.717) is 27.3 Å². The molecule has 4 rings (SSSR count). The van der Waals surface area contributed by atoms with E-state index in [4.69, 9.17) is 11.6 Å². The van der Waals surface area contributed by atoms with E-state index in [1.807, 2.05) is 38.1 Å². The molecule has 0 bridgehead atoms. The summed E-state index contributed by atoms with van der Waals surface area (Å²) >= 11 is 9.12. The normalized spacial score (nSPS) is 20.1. The lowest BCUT2D eigenvalue weighted by atomic mass is 10.2. The smallest absolute Gasteiger partial charge is 0.269 e. The lowest BCUT2D eigenvalue weighted by Gasteiger charge is -2.19. The molecule has 0 aromatic heterocycles. The molecule has 1 N–H and O–H groups in total. The summed E-state index contributed by atoms with van der Waals surface area (Å²) in [6.45, 7) is 7.11. The number of nitrogens with zero attached hydrogens (tertiary/aromatic N) is 3. The fourth-order valence-electron chi connectivity index (χ4n) is 3.27. The van der Waals surface area contributed by atoms with E-state index in [1.165, 1.54) is 11.8 Å². The van der Waals surface area contributed by atoms with Gasteiger partial charge in [-0.25, -0.2) is 4.99 Å². The number of amidine groups is 1. The van der Waals surface area contributed by atoms with Crippen LogP contribution < -0.4 is 4.90 Å². The number of amides is 1. The number of anilines is 1. The van der Waals surface area contributed by atoms with Crippen molar-refractivity contribution in [1.82, 2.24) is 4.90 Å². The second-order valence-electron chi connectivity index (χ2n) is 6.63. The number of aromatic hydroxyl groups is 1. The van der Waals surface area contributed by atoms with E-state index < -0.39 is 0 Å².